The number of hydrogen-bond acceptors (Lipinski definition) is 5. The highest BCUT2D eigenvalue weighted by Gasteiger charge is 2.27. The number of amides is 2. The average molecular weight is 327 g/mol. The summed E-state index contributed by atoms with van der Waals surface area (Å²) in [6, 6.07) is 0. The van der Waals surface area contributed by atoms with Crippen LogP contribution >= 0.6 is 11.8 Å². The zero-order valence-corrected chi connectivity index (χ0v) is 13.9. The molecule has 3 fully saturated rings. The predicted molar refractivity (Wildman–Crippen MR) is 86.0 cm³/mol. The standard InChI is InChI=1S/C15H25N3O3S/c19-14(12-18-8-10-22-15(18)20)17-5-2-4-16(6-7-17)11-13-3-1-9-21-13/h13H,1-12H2. The van der Waals surface area contributed by atoms with Crippen LogP contribution in [-0.4, -0.2) is 90.1 Å². The van der Waals surface area contributed by atoms with Gasteiger partial charge in [-0.2, -0.15) is 0 Å². The lowest BCUT2D eigenvalue weighted by atomic mass is 10.2. The second kappa shape index (κ2) is 7.66. The number of rotatable bonds is 4. The fourth-order valence-corrected chi connectivity index (χ4v) is 4.14. The Bertz CT molecular complexity index is 415. The Morgan fingerprint density at radius 3 is 2.82 bits per heavy atom. The monoisotopic (exact) mass is 327 g/mol. The van der Waals surface area contributed by atoms with Crippen LogP contribution in [0.25, 0.3) is 0 Å². The topological polar surface area (TPSA) is 53.1 Å². The first kappa shape index (κ1) is 16.1. The minimum absolute atomic E-state index is 0.0446. The molecule has 1 atom stereocenters. The Kier molecular flexibility index (Phi) is 5.60. The zero-order chi connectivity index (χ0) is 15.4. The van der Waals surface area contributed by atoms with Crippen molar-refractivity contribution >= 4 is 22.9 Å². The van der Waals surface area contributed by atoms with Crippen molar-refractivity contribution in [2.75, 3.05) is 58.2 Å². The van der Waals surface area contributed by atoms with Gasteiger partial charge in [0.05, 0.1) is 6.10 Å². The molecular formula is C15H25N3O3S. The van der Waals surface area contributed by atoms with Gasteiger partial charge in [-0.1, -0.05) is 11.8 Å². The van der Waals surface area contributed by atoms with E-state index in [0.717, 1.165) is 57.9 Å². The van der Waals surface area contributed by atoms with Crippen molar-refractivity contribution in [2.24, 2.45) is 0 Å². The summed E-state index contributed by atoms with van der Waals surface area (Å²) in [4.78, 5) is 30.0. The van der Waals surface area contributed by atoms with Crippen LogP contribution in [0, 0.1) is 0 Å². The van der Waals surface area contributed by atoms with Crippen molar-refractivity contribution in [1.29, 1.82) is 0 Å². The Morgan fingerprint density at radius 1 is 1.18 bits per heavy atom. The number of ether oxygens (including phenoxy) is 1. The van der Waals surface area contributed by atoms with Gasteiger partial charge in [-0.25, -0.2) is 0 Å². The zero-order valence-electron chi connectivity index (χ0n) is 13.0. The quantitative estimate of drug-likeness (QED) is 0.767. The molecular weight excluding hydrogens is 302 g/mol. The molecule has 0 spiro atoms. The highest BCUT2D eigenvalue weighted by molar-refractivity contribution is 8.13. The van der Waals surface area contributed by atoms with E-state index in [-0.39, 0.29) is 17.7 Å². The third-order valence-corrected chi connectivity index (χ3v) is 5.49. The van der Waals surface area contributed by atoms with Crippen LogP contribution in [0.3, 0.4) is 0 Å². The van der Waals surface area contributed by atoms with Crippen LogP contribution in [0.1, 0.15) is 19.3 Å². The summed E-state index contributed by atoms with van der Waals surface area (Å²) in [7, 11) is 0. The number of carbonyl (C=O) groups excluding carboxylic acids is 2. The minimum atomic E-state index is 0.0446. The molecule has 0 aromatic rings. The van der Waals surface area contributed by atoms with E-state index in [0.29, 0.717) is 12.6 Å². The fraction of sp³-hybridized carbons (Fsp3) is 0.867. The van der Waals surface area contributed by atoms with E-state index in [4.69, 9.17) is 4.74 Å². The van der Waals surface area contributed by atoms with Crippen LogP contribution in [0.15, 0.2) is 0 Å². The van der Waals surface area contributed by atoms with E-state index in [2.05, 4.69) is 4.90 Å². The molecule has 0 aliphatic carbocycles. The Hall–Kier alpha value is -0.790. The van der Waals surface area contributed by atoms with Gasteiger partial charge >= 0.3 is 0 Å². The maximum absolute atomic E-state index is 12.4. The van der Waals surface area contributed by atoms with Gasteiger partial charge in [0.25, 0.3) is 5.24 Å². The average Bonchev–Trinajstić information content (AvgIpc) is 3.08. The summed E-state index contributed by atoms with van der Waals surface area (Å²) in [6.45, 7) is 6.34. The SMILES string of the molecule is O=C(CN1CCSC1=O)N1CCCN(CC2CCCO2)CC1. The third kappa shape index (κ3) is 4.14. The van der Waals surface area contributed by atoms with Gasteiger partial charge in [0.1, 0.15) is 6.54 Å². The molecule has 1 unspecified atom stereocenters. The molecule has 3 aliphatic heterocycles. The third-order valence-electron chi connectivity index (χ3n) is 4.60. The second-order valence-corrected chi connectivity index (χ2v) is 7.25. The van der Waals surface area contributed by atoms with Crippen LogP contribution in [0.4, 0.5) is 4.79 Å². The molecule has 3 heterocycles. The van der Waals surface area contributed by atoms with Crippen LogP contribution in [0.2, 0.25) is 0 Å². The van der Waals surface area contributed by atoms with Gasteiger partial charge < -0.3 is 14.5 Å². The molecule has 0 aromatic heterocycles. The second-order valence-electron chi connectivity index (χ2n) is 6.21. The Morgan fingerprint density at radius 2 is 2.09 bits per heavy atom. The molecule has 2 amide bonds. The minimum Gasteiger partial charge on any atom is -0.377 e. The van der Waals surface area contributed by atoms with Crippen molar-refractivity contribution in [1.82, 2.24) is 14.7 Å². The molecule has 3 rings (SSSR count). The van der Waals surface area contributed by atoms with Crippen LogP contribution < -0.4 is 0 Å². The lowest BCUT2D eigenvalue weighted by molar-refractivity contribution is -0.131. The van der Waals surface area contributed by atoms with Crippen molar-refractivity contribution in [3.63, 3.8) is 0 Å². The number of hydrogen-bond donors (Lipinski definition) is 0. The number of thioether (sulfide) groups is 1. The highest BCUT2D eigenvalue weighted by Crippen LogP contribution is 2.18. The summed E-state index contributed by atoms with van der Waals surface area (Å²) >= 11 is 1.31. The van der Waals surface area contributed by atoms with Gasteiger partial charge in [0, 0.05) is 45.1 Å². The highest BCUT2D eigenvalue weighted by atomic mass is 32.2. The molecule has 3 saturated heterocycles. The number of nitrogens with zero attached hydrogens (tertiary/aromatic N) is 3. The smallest absolute Gasteiger partial charge is 0.282 e. The van der Waals surface area contributed by atoms with Crippen molar-refractivity contribution < 1.29 is 14.3 Å². The fourth-order valence-electron chi connectivity index (χ4n) is 3.31. The van der Waals surface area contributed by atoms with Gasteiger partial charge in [0.2, 0.25) is 5.91 Å². The summed E-state index contributed by atoms with van der Waals surface area (Å²) in [5, 5.41) is 0.0446. The van der Waals surface area contributed by atoms with Gasteiger partial charge in [-0.05, 0) is 25.8 Å². The summed E-state index contributed by atoms with van der Waals surface area (Å²) in [5.74, 6) is 0.899. The normalized spacial score (nSPS) is 27.5. The maximum Gasteiger partial charge on any atom is 0.282 e. The molecule has 124 valence electrons. The predicted octanol–water partition coefficient (Wildman–Crippen LogP) is 0.869. The lowest BCUT2D eigenvalue weighted by Crippen LogP contribution is -2.42. The van der Waals surface area contributed by atoms with Gasteiger partial charge in [0.15, 0.2) is 0 Å². The Balaban J connectivity index is 1.44. The summed E-state index contributed by atoms with van der Waals surface area (Å²) in [5.41, 5.74) is 0. The Labute approximate surface area is 136 Å². The van der Waals surface area contributed by atoms with E-state index < -0.39 is 0 Å². The van der Waals surface area contributed by atoms with Crippen molar-refractivity contribution in [2.45, 2.75) is 25.4 Å². The van der Waals surface area contributed by atoms with Crippen molar-refractivity contribution in [3.05, 3.63) is 0 Å². The molecule has 0 bridgehead atoms. The molecule has 3 aliphatic rings. The van der Waals surface area contributed by atoms with Crippen molar-refractivity contribution in [3.8, 4) is 0 Å². The van der Waals surface area contributed by atoms with E-state index in [1.807, 2.05) is 4.90 Å². The molecule has 0 radical (unpaired) electrons. The molecule has 0 N–H and O–H groups in total. The summed E-state index contributed by atoms with van der Waals surface area (Å²) in [6.07, 6.45) is 3.71. The van der Waals surface area contributed by atoms with Crippen LogP contribution in [0.5, 0.6) is 0 Å². The lowest BCUT2D eigenvalue weighted by Gasteiger charge is -2.25. The first-order chi connectivity index (χ1) is 10.7. The largest absolute Gasteiger partial charge is 0.377 e. The van der Waals surface area contributed by atoms with E-state index in [1.165, 1.54) is 18.2 Å². The van der Waals surface area contributed by atoms with E-state index >= 15 is 0 Å². The molecule has 7 heteroatoms. The first-order valence-corrected chi connectivity index (χ1v) is 9.24. The molecule has 0 saturated carbocycles. The van der Waals surface area contributed by atoms with Gasteiger partial charge in [-0.15, -0.1) is 0 Å². The molecule has 6 nitrogen and oxygen atoms in total. The van der Waals surface area contributed by atoms with E-state index in [9.17, 15) is 9.59 Å². The summed E-state index contributed by atoms with van der Waals surface area (Å²) < 4.78 is 5.70. The van der Waals surface area contributed by atoms with Crippen LogP contribution in [-0.2, 0) is 9.53 Å². The number of carbonyl (C=O) groups is 2. The maximum atomic E-state index is 12.4. The molecule has 22 heavy (non-hydrogen) atoms. The van der Waals surface area contributed by atoms with E-state index in [1.54, 1.807) is 4.90 Å². The first-order valence-electron chi connectivity index (χ1n) is 8.26. The molecule has 0 aromatic carbocycles. The van der Waals surface area contributed by atoms with Gasteiger partial charge in [-0.3, -0.25) is 14.5 Å².